The Kier molecular flexibility index (Phi) is 3.29. The van der Waals surface area contributed by atoms with Crippen LogP contribution in [0.5, 0.6) is 0 Å². The van der Waals surface area contributed by atoms with Crippen LogP contribution in [0.3, 0.4) is 0 Å². The van der Waals surface area contributed by atoms with Gasteiger partial charge in [0.05, 0.1) is 11.4 Å². The molecule has 1 aromatic carbocycles. The Morgan fingerprint density at radius 1 is 1.06 bits per heavy atom. The Bertz CT molecular complexity index is 530. The lowest BCUT2D eigenvalue weighted by atomic mass is 9.87. The first kappa shape index (κ1) is 12.9. The fourth-order valence-corrected chi connectivity index (χ4v) is 2.28. The molecule has 0 saturated carbocycles. The zero-order valence-corrected chi connectivity index (χ0v) is 12.0. The molecule has 0 amide bonds. The monoisotopic (exact) mass is 242 g/mol. The number of benzene rings is 1. The summed E-state index contributed by atoms with van der Waals surface area (Å²) >= 11 is 0. The van der Waals surface area contributed by atoms with Gasteiger partial charge in [-0.1, -0.05) is 39.0 Å². The molecule has 0 radical (unpaired) electrons. The average molecular weight is 242 g/mol. The molecular weight excluding hydrogens is 220 g/mol. The van der Waals surface area contributed by atoms with Crippen molar-refractivity contribution in [1.29, 1.82) is 0 Å². The van der Waals surface area contributed by atoms with Gasteiger partial charge < -0.3 is 0 Å². The third-order valence-corrected chi connectivity index (χ3v) is 3.15. The second-order valence-electron chi connectivity index (χ2n) is 6.13. The summed E-state index contributed by atoms with van der Waals surface area (Å²) < 4.78 is 2.05. The summed E-state index contributed by atoms with van der Waals surface area (Å²) in [5.74, 6) is 0. The number of aryl methyl sites for hydroxylation is 1. The molecule has 0 fully saturated rings. The normalized spacial score (nSPS) is 11.8. The largest absolute Gasteiger partial charge is 0.238 e. The zero-order valence-electron chi connectivity index (χ0n) is 12.0. The average Bonchev–Trinajstić information content (AvgIpc) is 2.56. The van der Waals surface area contributed by atoms with E-state index in [0.29, 0.717) is 5.41 Å². The maximum Gasteiger partial charge on any atom is 0.0648 e. The number of aromatic nitrogens is 2. The molecular formula is C16H22N2. The second-order valence-corrected chi connectivity index (χ2v) is 6.13. The Morgan fingerprint density at radius 2 is 1.67 bits per heavy atom. The first-order valence-corrected chi connectivity index (χ1v) is 6.49. The summed E-state index contributed by atoms with van der Waals surface area (Å²) in [6.07, 6.45) is 1.07. The molecule has 0 aliphatic carbocycles. The van der Waals surface area contributed by atoms with E-state index in [1.54, 1.807) is 0 Å². The molecule has 1 heterocycles. The van der Waals surface area contributed by atoms with Crippen molar-refractivity contribution >= 4 is 0 Å². The first-order chi connectivity index (χ1) is 8.38. The minimum Gasteiger partial charge on any atom is -0.238 e. The van der Waals surface area contributed by atoms with Gasteiger partial charge in [-0.25, -0.2) is 4.68 Å². The molecule has 0 atom stereocenters. The van der Waals surface area contributed by atoms with Gasteiger partial charge in [0, 0.05) is 5.69 Å². The fourth-order valence-electron chi connectivity index (χ4n) is 2.28. The highest BCUT2D eigenvalue weighted by Crippen LogP contribution is 2.26. The van der Waals surface area contributed by atoms with E-state index in [4.69, 9.17) is 0 Å². The van der Waals surface area contributed by atoms with Crippen LogP contribution in [0.2, 0.25) is 0 Å². The van der Waals surface area contributed by atoms with Crippen LogP contribution in [0.15, 0.2) is 30.3 Å². The van der Waals surface area contributed by atoms with E-state index in [0.717, 1.165) is 17.8 Å². The lowest BCUT2D eigenvalue weighted by Gasteiger charge is -2.18. The van der Waals surface area contributed by atoms with Gasteiger partial charge >= 0.3 is 0 Å². The zero-order chi connectivity index (χ0) is 13.3. The van der Waals surface area contributed by atoms with E-state index in [1.807, 2.05) is 6.07 Å². The van der Waals surface area contributed by atoms with Crippen molar-refractivity contribution in [1.82, 2.24) is 9.78 Å². The van der Waals surface area contributed by atoms with Crippen LogP contribution in [0.1, 0.15) is 37.7 Å². The van der Waals surface area contributed by atoms with Crippen molar-refractivity contribution in [2.24, 2.45) is 5.41 Å². The van der Waals surface area contributed by atoms with Crippen LogP contribution >= 0.6 is 0 Å². The molecule has 0 saturated heterocycles. The molecule has 0 bridgehead atoms. The van der Waals surface area contributed by atoms with Gasteiger partial charge in [0.1, 0.15) is 0 Å². The predicted octanol–water partition coefficient (Wildman–Crippen LogP) is 4.08. The maximum absolute atomic E-state index is 4.68. The second kappa shape index (κ2) is 4.60. The van der Waals surface area contributed by atoms with Crippen LogP contribution in [-0.4, -0.2) is 9.78 Å². The summed E-state index contributed by atoms with van der Waals surface area (Å²) in [5.41, 5.74) is 5.21. The molecule has 0 aliphatic heterocycles. The van der Waals surface area contributed by atoms with Crippen molar-refractivity contribution in [3.8, 4) is 5.69 Å². The van der Waals surface area contributed by atoms with Gasteiger partial charge in [-0.05, 0) is 43.4 Å². The van der Waals surface area contributed by atoms with Crippen LogP contribution in [0, 0.1) is 19.3 Å². The molecule has 2 nitrogen and oxygen atoms in total. The Labute approximate surface area is 110 Å². The summed E-state index contributed by atoms with van der Waals surface area (Å²) in [5, 5.41) is 4.68. The number of rotatable bonds is 2. The molecule has 0 N–H and O–H groups in total. The fraction of sp³-hybridized carbons (Fsp3) is 0.438. The van der Waals surface area contributed by atoms with Gasteiger partial charge in [-0.15, -0.1) is 0 Å². The van der Waals surface area contributed by atoms with E-state index >= 15 is 0 Å². The molecule has 2 rings (SSSR count). The van der Waals surface area contributed by atoms with Gasteiger partial charge in [-0.3, -0.25) is 0 Å². The standard InChI is InChI=1S/C16H22N2/c1-12-15(11-16(3,4)5)13(2)18(17-12)14-9-7-6-8-10-14/h6-10H,11H2,1-5H3. The molecule has 2 heteroatoms. The van der Waals surface area contributed by atoms with Crippen molar-refractivity contribution in [2.75, 3.05) is 0 Å². The number of hydrogen-bond acceptors (Lipinski definition) is 1. The topological polar surface area (TPSA) is 17.8 Å². The Balaban J connectivity index is 2.44. The number of hydrogen-bond donors (Lipinski definition) is 0. The molecule has 96 valence electrons. The van der Waals surface area contributed by atoms with Crippen LogP contribution in [0.4, 0.5) is 0 Å². The molecule has 0 aliphatic rings. The molecule has 1 aromatic heterocycles. The predicted molar refractivity (Wildman–Crippen MR) is 76.2 cm³/mol. The number of nitrogens with zero attached hydrogens (tertiary/aromatic N) is 2. The summed E-state index contributed by atoms with van der Waals surface area (Å²) in [6, 6.07) is 10.3. The highest BCUT2D eigenvalue weighted by molar-refractivity contribution is 5.37. The van der Waals surface area contributed by atoms with Crippen LogP contribution in [-0.2, 0) is 6.42 Å². The van der Waals surface area contributed by atoms with E-state index in [1.165, 1.54) is 11.3 Å². The highest BCUT2D eigenvalue weighted by Gasteiger charge is 2.19. The SMILES string of the molecule is Cc1nn(-c2ccccc2)c(C)c1CC(C)(C)C. The third-order valence-electron chi connectivity index (χ3n) is 3.15. The number of para-hydroxylation sites is 1. The summed E-state index contributed by atoms with van der Waals surface area (Å²) in [7, 11) is 0. The van der Waals surface area contributed by atoms with E-state index in [-0.39, 0.29) is 0 Å². The minimum atomic E-state index is 0.292. The van der Waals surface area contributed by atoms with Crippen molar-refractivity contribution in [3.63, 3.8) is 0 Å². The minimum absolute atomic E-state index is 0.292. The van der Waals surface area contributed by atoms with Gasteiger partial charge in [0.25, 0.3) is 0 Å². The lowest BCUT2D eigenvalue weighted by Crippen LogP contribution is -2.10. The molecule has 0 spiro atoms. The van der Waals surface area contributed by atoms with E-state index in [2.05, 4.69) is 68.7 Å². The van der Waals surface area contributed by atoms with Crippen molar-refractivity contribution in [3.05, 3.63) is 47.3 Å². The molecule has 18 heavy (non-hydrogen) atoms. The maximum atomic E-state index is 4.68. The summed E-state index contributed by atoms with van der Waals surface area (Å²) in [6.45, 7) is 11.1. The molecule has 2 aromatic rings. The van der Waals surface area contributed by atoms with Crippen molar-refractivity contribution in [2.45, 2.75) is 41.0 Å². The Morgan fingerprint density at radius 3 is 2.22 bits per heavy atom. The summed E-state index contributed by atoms with van der Waals surface area (Å²) in [4.78, 5) is 0. The molecule has 0 unspecified atom stereocenters. The van der Waals surface area contributed by atoms with E-state index < -0.39 is 0 Å². The third kappa shape index (κ3) is 2.63. The first-order valence-electron chi connectivity index (χ1n) is 6.49. The van der Waals surface area contributed by atoms with Gasteiger partial charge in [-0.2, -0.15) is 5.10 Å². The lowest BCUT2D eigenvalue weighted by molar-refractivity contribution is 0.409. The quantitative estimate of drug-likeness (QED) is 0.776. The van der Waals surface area contributed by atoms with Crippen LogP contribution in [0.25, 0.3) is 5.69 Å². The highest BCUT2D eigenvalue weighted by atomic mass is 15.3. The smallest absolute Gasteiger partial charge is 0.0648 e. The van der Waals surface area contributed by atoms with Crippen molar-refractivity contribution < 1.29 is 0 Å². The van der Waals surface area contributed by atoms with Gasteiger partial charge in [0.15, 0.2) is 0 Å². The van der Waals surface area contributed by atoms with E-state index in [9.17, 15) is 0 Å². The van der Waals surface area contributed by atoms with Gasteiger partial charge in [0.2, 0.25) is 0 Å². The van der Waals surface area contributed by atoms with Crippen LogP contribution < -0.4 is 0 Å². The Hall–Kier alpha value is -1.57.